The van der Waals surface area contributed by atoms with Crippen LogP contribution in [0.15, 0.2) is 0 Å². The van der Waals surface area contributed by atoms with Crippen molar-refractivity contribution in [2.24, 2.45) is 7.05 Å². The van der Waals surface area contributed by atoms with Gasteiger partial charge in [-0.25, -0.2) is 0 Å². The summed E-state index contributed by atoms with van der Waals surface area (Å²) in [6, 6.07) is 0. The van der Waals surface area contributed by atoms with Crippen LogP contribution in [0.2, 0.25) is 0 Å². The molecule has 0 saturated heterocycles. The fourth-order valence-corrected chi connectivity index (χ4v) is 1.38. The lowest BCUT2D eigenvalue weighted by atomic mass is 10.2. The third-order valence-electron chi connectivity index (χ3n) is 2.06. The number of nitrogens with zero attached hydrogens (tertiary/aromatic N) is 3. The SMILES string of the molecule is Cn1nnc(CO)c1C1CC1. The van der Waals surface area contributed by atoms with Crippen molar-refractivity contribution in [2.45, 2.75) is 25.4 Å². The average Bonchev–Trinajstić information content (AvgIpc) is 2.76. The quantitative estimate of drug-likeness (QED) is 0.659. The molecule has 0 amide bonds. The zero-order chi connectivity index (χ0) is 7.84. The molecule has 1 aromatic rings. The molecule has 4 heteroatoms. The molecule has 0 radical (unpaired) electrons. The fourth-order valence-electron chi connectivity index (χ4n) is 1.38. The number of hydrogen-bond acceptors (Lipinski definition) is 3. The van der Waals surface area contributed by atoms with Gasteiger partial charge in [0.2, 0.25) is 0 Å². The van der Waals surface area contributed by atoms with E-state index in [0.717, 1.165) is 11.4 Å². The van der Waals surface area contributed by atoms with Crippen molar-refractivity contribution in [1.82, 2.24) is 15.0 Å². The number of aliphatic hydroxyl groups is 1. The molecule has 1 fully saturated rings. The summed E-state index contributed by atoms with van der Waals surface area (Å²) in [5.74, 6) is 0.608. The maximum absolute atomic E-state index is 8.89. The minimum Gasteiger partial charge on any atom is -0.390 e. The predicted octanol–water partition coefficient (Wildman–Crippen LogP) is 0.185. The maximum Gasteiger partial charge on any atom is 0.112 e. The Labute approximate surface area is 64.8 Å². The molecule has 0 bridgehead atoms. The van der Waals surface area contributed by atoms with Crippen LogP contribution in [0, 0.1) is 0 Å². The Morgan fingerprint density at radius 3 is 2.91 bits per heavy atom. The highest BCUT2D eigenvalue weighted by Crippen LogP contribution is 2.40. The zero-order valence-electron chi connectivity index (χ0n) is 6.49. The Balaban J connectivity index is 2.38. The molecule has 0 spiro atoms. The average molecular weight is 153 g/mol. The Kier molecular flexibility index (Phi) is 1.42. The molecule has 1 N–H and O–H groups in total. The Bertz CT molecular complexity index is 265. The van der Waals surface area contributed by atoms with E-state index in [2.05, 4.69) is 10.3 Å². The van der Waals surface area contributed by atoms with Gasteiger partial charge in [-0.05, 0) is 12.8 Å². The summed E-state index contributed by atoms with van der Waals surface area (Å²) in [6.45, 7) is 0.0136. The van der Waals surface area contributed by atoms with Crippen LogP contribution < -0.4 is 0 Å². The predicted molar refractivity (Wildman–Crippen MR) is 38.9 cm³/mol. The number of rotatable bonds is 2. The molecule has 1 aliphatic rings. The van der Waals surface area contributed by atoms with E-state index in [4.69, 9.17) is 5.11 Å². The van der Waals surface area contributed by atoms with Crippen molar-refractivity contribution in [2.75, 3.05) is 0 Å². The van der Waals surface area contributed by atoms with E-state index in [0.29, 0.717) is 5.92 Å². The van der Waals surface area contributed by atoms with Crippen LogP contribution in [0.1, 0.15) is 30.1 Å². The summed E-state index contributed by atoms with van der Waals surface area (Å²) < 4.78 is 1.77. The van der Waals surface area contributed by atoms with E-state index in [9.17, 15) is 0 Å². The molecule has 0 aromatic carbocycles. The second-order valence-electron chi connectivity index (χ2n) is 2.98. The third kappa shape index (κ3) is 1.03. The van der Waals surface area contributed by atoms with Crippen molar-refractivity contribution >= 4 is 0 Å². The first kappa shape index (κ1) is 6.79. The number of aromatic nitrogens is 3. The molecule has 2 rings (SSSR count). The normalized spacial score (nSPS) is 17.3. The molecule has 60 valence electrons. The van der Waals surface area contributed by atoms with E-state index < -0.39 is 0 Å². The van der Waals surface area contributed by atoms with Gasteiger partial charge >= 0.3 is 0 Å². The van der Waals surface area contributed by atoms with Gasteiger partial charge < -0.3 is 5.11 Å². The summed E-state index contributed by atoms with van der Waals surface area (Å²) in [7, 11) is 1.87. The highest BCUT2D eigenvalue weighted by molar-refractivity contribution is 5.19. The van der Waals surface area contributed by atoms with Crippen molar-refractivity contribution in [3.05, 3.63) is 11.4 Å². The van der Waals surface area contributed by atoms with E-state index >= 15 is 0 Å². The molecule has 1 saturated carbocycles. The number of aliphatic hydroxyl groups excluding tert-OH is 1. The Hall–Kier alpha value is -0.900. The summed E-state index contributed by atoms with van der Waals surface area (Å²) in [5, 5.41) is 16.6. The molecule has 0 aliphatic heterocycles. The van der Waals surface area contributed by atoms with Gasteiger partial charge in [-0.3, -0.25) is 4.68 Å². The topological polar surface area (TPSA) is 50.9 Å². The second kappa shape index (κ2) is 2.30. The van der Waals surface area contributed by atoms with Gasteiger partial charge in [0.15, 0.2) is 0 Å². The smallest absolute Gasteiger partial charge is 0.112 e. The molecule has 1 aliphatic carbocycles. The molecule has 1 heterocycles. The van der Waals surface area contributed by atoms with Gasteiger partial charge in [0, 0.05) is 13.0 Å². The lowest BCUT2D eigenvalue weighted by Crippen LogP contribution is -1.98. The molecule has 1 aromatic heterocycles. The van der Waals surface area contributed by atoms with Crippen molar-refractivity contribution in [3.63, 3.8) is 0 Å². The summed E-state index contributed by atoms with van der Waals surface area (Å²) >= 11 is 0. The van der Waals surface area contributed by atoms with Crippen LogP contribution in [0.5, 0.6) is 0 Å². The van der Waals surface area contributed by atoms with E-state index in [1.165, 1.54) is 12.8 Å². The molecular formula is C7H11N3O. The summed E-state index contributed by atoms with van der Waals surface area (Å²) in [6.07, 6.45) is 2.43. The van der Waals surface area contributed by atoms with Crippen LogP contribution in [0.25, 0.3) is 0 Å². The zero-order valence-corrected chi connectivity index (χ0v) is 6.49. The minimum absolute atomic E-state index is 0.0136. The molecule has 11 heavy (non-hydrogen) atoms. The number of hydrogen-bond donors (Lipinski definition) is 1. The van der Waals surface area contributed by atoms with E-state index in [1.54, 1.807) is 4.68 Å². The van der Waals surface area contributed by atoms with Gasteiger partial charge in [0.05, 0.1) is 12.3 Å². The first-order valence-corrected chi connectivity index (χ1v) is 3.82. The Morgan fingerprint density at radius 1 is 1.64 bits per heavy atom. The van der Waals surface area contributed by atoms with Crippen molar-refractivity contribution in [1.29, 1.82) is 0 Å². The standard InChI is InChI=1S/C7H11N3O/c1-10-7(5-2-3-5)6(4-11)8-9-10/h5,11H,2-4H2,1H3. The molecule has 0 unspecified atom stereocenters. The van der Waals surface area contributed by atoms with Crippen LogP contribution in [0.4, 0.5) is 0 Å². The highest BCUT2D eigenvalue weighted by atomic mass is 16.3. The largest absolute Gasteiger partial charge is 0.390 e. The van der Waals surface area contributed by atoms with Crippen LogP contribution in [0.3, 0.4) is 0 Å². The van der Waals surface area contributed by atoms with Crippen LogP contribution >= 0.6 is 0 Å². The minimum atomic E-state index is 0.0136. The van der Waals surface area contributed by atoms with Gasteiger partial charge in [-0.2, -0.15) is 0 Å². The van der Waals surface area contributed by atoms with Crippen molar-refractivity contribution < 1.29 is 5.11 Å². The van der Waals surface area contributed by atoms with Crippen LogP contribution in [-0.4, -0.2) is 20.1 Å². The van der Waals surface area contributed by atoms with Gasteiger partial charge in [0.1, 0.15) is 5.69 Å². The molecule has 0 atom stereocenters. The molecular weight excluding hydrogens is 142 g/mol. The van der Waals surface area contributed by atoms with Crippen LogP contribution in [-0.2, 0) is 13.7 Å². The van der Waals surface area contributed by atoms with Gasteiger partial charge in [-0.15, -0.1) is 5.10 Å². The summed E-state index contributed by atoms with van der Waals surface area (Å²) in [5.41, 5.74) is 1.86. The molecule has 4 nitrogen and oxygen atoms in total. The maximum atomic E-state index is 8.89. The van der Waals surface area contributed by atoms with Gasteiger partial charge in [0.25, 0.3) is 0 Å². The summed E-state index contributed by atoms with van der Waals surface area (Å²) in [4.78, 5) is 0. The monoisotopic (exact) mass is 153 g/mol. The second-order valence-corrected chi connectivity index (χ2v) is 2.98. The highest BCUT2D eigenvalue weighted by Gasteiger charge is 2.29. The lowest BCUT2D eigenvalue weighted by molar-refractivity contribution is 0.275. The third-order valence-corrected chi connectivity index (χ3v) is 2.06. The fraction of sp³-hybridized carbons (Fsp3) is 0.714. The Morgan fingerprint density at radius 2 is 2.36 bits per heavy atom. The lowest BCUT2D eigenvalue weighted by Gasteiger charge is -1.97. The van der Waals surface area contributed by atoms with E-state index in [-0.39, 0.29) is 6.61 Å². The number of aryl methyl sites for hydroxylation is 1. The first-order valence-electron chi connectivity index (χ1n) is 3.82. The van der Waals surface area contributed by atoms with Gasteiger partial charge in [-0.1, -0.05) is 5.21 Å². The first-order chi connectivity index (χ1) is 5.33. The van der Waals surface area contributed by atoms with Crippen molar-refractivity contribution in [3.8, 4) is 0 Å². The van der Waals surface area contributed by atoms with E-state index in [1.807, 2.05) is 7.05 Å².